The molecular formula is C70H44N2O. The lowest BCUT2D eigenvalue weighted by Gasteiger charge is -2.51. The van der Waals surface area contributed by atoms with Gasteiger partial charge < -0.3 is 4.74 Å². The summed E-state index contributed by atoms with van der Waals surface area (Å²) in [5, 5.41) is 2.33. The standard InChI is InChI=1S/C70H44N2O/c1-3-20-45(21-4-1)50-39-40-55(52-27-8-7-26-51(50)52)65-44-64(46-22-5-2-6-23-46)71-68(72-65)49-25-19-24-47(42-49)48-38-41-67-63(43-48)70(62-36-17-18-37-66(62)73-67)60-34-15-13-32-58(60)69(59-33-14-16-35-61(59)70)56-30-11-9-28-53(56)54-29-10-12-31-57(54)69/h1-44H. The minimum Gasteiger partial charge on any atom is -0.457 e. The van der Waals surface area contributed by atoms with Crippen LogP contribution in [0.5, 0.6) is 11.5 Å². The van der Waals surface area contributed by atoms with Gasteiger partial charge in [0.2, 0.25) is 0 Å². The number of benzene rings is 11. The zero-order chi connectivity index (χ0) is 48.1. The summed E-state index contributed by atoms with van der Waals surface area (Å²) in [4.78, 5) is 10.8. The van der Waals surface area contributed by atoms with Gasteiger partial charge in [-0.05, 0) is 108 Å². The van der Waals surface area contributed by atoms with E-state index in [2.05, 4.69) is 261 Å². The van der Waals surface area contributed by atoms with Gasteiger partial charge in [0.05, 0.1) is 22.2 Å². The molecule has 2 aliphatic carbocycles. The number of rotatable bonds is 5. The van der Waals surface area contributed by atoms with Crippen molar-refractivity contribution in [1.82, 2.24) is 9.97 Å². The maximum atomic E-state index is 7.00. The third-order valence-corrected chi connectivity index (χ3v) is 15.9. The lowest BCUT2D eigenvalue weighted by Crippen LogP contribution is -2.45. The van der Waals surface area contributed by atoms with Crippen molar-refractivity contribution < 1.29 is 4.74 Å². The monoisotopic (exact) mass is 928 g/mol. The van der Waals surface area contributed by atoms with Gasteiger partial charge in [-0.25, -0.2) is 9.97 Å². The number of ether oxygens (including phenoxy) is 1. The Hall–Kier alpha value is -9.44. The first-order valence-corrected chi connectivity index (χ1v) is 25.1. The number of hydrogen-bond acceptors (Lipinski definition) is 3. The molecule has 3 aliphatic rings. The summed E-state index contributed by atoms with van der Waals surface area (Å²) in [6, 6.07) is 97.0. The van der Waals surface area contributed by atoms with E-state index >= 15 is 0 Å². The highest BCUT2D eigenvalue weighted by atomic mass is 16.5. The Morgan fingerprint density at radius 2 is 0.699 bits per heavy atom. The molecule has 0 radical (unpaired) electrons. The number of hydrogen-bond donors (Lipinski definition) is 0. The van der Waals surface area contributed by atoms with Gasteiger partial charge in [-0.1, -0.05) is 237 Å². The van der Waals surface area contributed by atoms with Crippen molar-refractivity contribution in [2.24, 2.45) is 0 Å². The van der Waals surface area contributed by atoms with E-state index in [0.717, 1.165) is 67.2 Å². The van der Waals surface area contributed by atoms with E-state index in [-0.39, 0.29) is 0 Å². The molecule has 0 atom stereocenters. The zero-order valence-electron chi connectivity index (χ0n) is 39.7. The lowest BCUT2D eigenvalue weighted by molar-refractivity contribution is 0.429. The van der Waals surface area contributed by atoms with Crippen LogP contribution in [0, 0.1) is 0 Å². The first kappa shape index (κ1) is 41.4. The van der Waals surface area contributed by atoms with E-state index in [1.807, 2.05) is 6.07 Å². The fourth-order valence-corrected chi connectivity index (χ4v) is 12.9. The van der Waals surface area contributed by atoms with Crippen LogP contribution < -0.4 is 4.74 Å². The molecule has 340 valence electrons. The minimum absolute atomic E-state index is 0.533. The number of nitrogens with zero attached hydrogens (tertiary/aromatic N) is 2. The number of fused-ring (bicyclic) bond motifs is 16. The Bertz CT molecular complexity index is 4100. The molecule has 2 spiro atoms. The predicted octanol–water partition coefficient (Wildman–Crippen LogP) is 17.1. The topological polar surface area (TPSA) is 35.0 Å². The van der Waals surface area contributed by atoms with Crippen molar-refractivity contribution in [2.45, 2.75) is 10.8 Å². The predicted molar refractivity (Wildman–Crippen MR) is 296 cm³/mol. The molecule has 0 bridgehead atoms. The Morgan fingerprint density at radius 1 is 0.247 bits per heavy atom. The zero-order valence-corrected chi connectivity index (χ0v) is 39.7. The first-order valence-electron chi connectivity index (χ1n) is 25.1. The van der Waals surface area contributed by atoms with Crippen LogP contribution in [-0.4, -0.2) is 9.97 Å². The second kappa shape index (κ2) is 16.0. The minimum atomic E-state index is -0.719. The molecule has 2 heterocycles. The first-order chi connectivity index (χ1) is 36.2. The van der Waals surface area contributed by atoms with Crippen LogP contribution in [0.1, 0.15) is 44.5 Å². The van der Waals surface area contributed by atoms with Crippen LogP contribution in [0.3, 0.4) is 0 Å². The molecule has 12 aromatic rings. The summed E-state index contributed by atoms with van der Waals surface area (Å²) in [5.41, 5.74) is 20.6. The molecule has 3 heteroatoms. The highest BCUT2D eigenvalue weighted by molar-refractivity contribution is 6.05. The second-order valence-corrected chi connectivity index (χ2v) is 19.5. The molecule has 0 N–H and O–H groups in total. The summed E-state index contributed by atoms with van der Waals surface area (Å²) >= 11 is 0. The van der Waals surface area contributed by atoms with E-state index in [0.29, 0.717) is 5.82 Å². The molecule has 0 saturated heterocycles. The van der Waals surface area contributed by atoms with E-state index < -0.39 is 10.8 Å². The molecule has 15 rings (SSSR count). The molecule has 0 amide bonds. The van der Waals surface area contributed by atoms with Crippen molar-refractivity contribution in [2.75, 3.05) is 0 Å². The van der Waals surface area contributed by atoms with Crippen molar-refractivity contribution in [3.8, 4) is 78.8 Å². The Labute approximate surface area is 424 Å². The summed E-state index contributed by atoms with van der Waals surface area (Å²) in [6.45, 7) is 0. The average Bonchev–Trinajstić information content (AvgIpc) is 3.82. The summed E-state index contributed by atoms with van der Waals surface area (Å²) in [5.74, 6) is 2.38. The van der Waals surface area contributed by atoms with Crippen molar-refractivity contribution in [3.63, 3.8) is 0 Å². The lowest BCUT2D eigenvalue weighted by atomic mass is 9.51. The summed E-state index contributed by atoms with van der Waals surface area (Å²) < 4.78 is 7.00. The van der Waals surface area contributed by atoms with Gasteiger partial charge in [0.1, 0.15) is 11.5 Å². The van der Waals surface area contributed by atoms with Crippen LogP contribution in [0.15, 0.2) is 267 Å². The SMILES string of the molecule is c1ccc(-c2cc(-c3ccc(-c4ccccc4)c4ccccc34)nc(-c3cccc(-c4ccc5c(c4)C4(c6ccccc6O5)c5ccccc5C5(c6ccccc6-c6ccccc65)c5ccccc54)c3)n2)cc1. The van der Waals surface area contributed by atoms with Crippen molar-refractivity contribution in [1.29, 1.82) is 0 Å². The molecule has 73 heavy (non-hydrogen) atoms. The third kappa shape index (κ3) is 5.94. The van der Waals surface area contributed by atoms with Gasteiger partial charge in [0, 0.05) is 27.8 Å². The normalized spacial score (nSPS) is 13.8. The van der Waals surface area contributed by atoms with Gasteiger partial charge in [-0.3, -0.25) is 0 Å². The Morgan fingerprint density at radius 3 is 1.36 bits per heavy atom. The number of aromatic nitrogens is 2. The Balaban J connectivity index is 0.926. The summed E-state index contributed by atoms with van der Waals surface area (Å²) in [7, 11) is 0. The van der Waals surface area contributed by atoms with Gasteiger partial charge >= 0.3 is 0 Å². The average molecular weight is 929 g/mol. The maximum absolute atomic E-state index is 7.00. The molecule has 11 aromatic carbocycles. The number of para-hydroxylation sites is 1. The fourth-order valence-electron chi connectivity index (χ4n) is 12.9. The van der Waals surface area contributed by atoms with Gasteiger partial charge in [0.15, 0.2) is 5.82 Å². The van der Waals surface area contributed by atoms with Crippen LogP contribution in [0.4, 0.5) is 0 Å². The van der Waals surface area contributed by atoms with Gasteiger partial charge in [0.25, 0.3) is 0 Å². The largest absolute Gasteiger partial charge is 0.457 e. The molecule has 0 fully saturated rings. The second-order valence-electron chi connectivity index (χ2n) is 19.5. The van der Waals surface area contributed by atoms with Crippen molar-refractivity contribution in [3.05, 3.63) is 311 Å². The maximum Gasteiger partial charge on any atom is 0.160 e. The van der Waals surface area contributed by atoms with E-state index in [1.165, 1.54) is 61.0 Å². The van der Waals surface area contributed by atoms with Gasteiger partial charge in [-0.15, -0.1) is 0 Å². The third-order valence-electron chi connectivity index (χ3n) is 15.9. The molecular weight excluding hydrogens is 885 g/mol. The Kier molecular flexibility index (Phi) is 9.09. The smallest absolute Gasteiger partial charge is 0.160 e. The van der Waals surface area contributed by atoms with E-state index in [9.17, 15) is 0 Å². The fraction of sp³-hybridized carbons (Fsp3) is 0.0286. The van der Waals surface area contributed by atoms with Crippen molar-refractivity contribution >= 4 is 10.8 Å². The highest BCUT2D eigenvalue weighted by Gasteiger charge is 2.58. The molecule has 1 aliphatic heterocycles. The van der Waals surface area contributed by atoms with E-state index in [1.54, 1.807) is 0 Å². The van der Waals surface area contributed by atoms with Crippen LogP contribution in [0.2, 0.25) is 0 Å². The molecule has 1 aromatic heterocycles. The summed E-state index contributed by atoms with van der Waals surface area (Å²) in [6.07, 6.45) is 0. The van der Waals surface area contributed by atoms with E-state index in [4.69, 9.17) is 14.7 Å². The van der Waals surface area contributed by atoms with Gasteiger partial charge in [-0.2, -0.15) is 0 Å². The molecule has 3 nitrogen and oxygen atoms in total. The quantitative estimate of drug-likeness (QED) is 0.172. The highest BCUT2D eigenvalue weighted by Crippen LogP contribution is 2.67. The molecule has 0 unspecified atom stereocenters. The van der Waals surface area contributed by atoms with Crippen LogP contribution in [-0.2, 0) is 10.8 Å². The van der Waals surface area contributed by atoms with Crippen LogP contribution in [0.25, 0.3) is 78.1 Å². The van der Waals surface area contributed by atoms with Crippen LogP contribution >= 0.6 is 0 Å². The molecule has 0 saturated carbocycles.